The van der Waals surface area contributed by atoms with Gasteiger partial charge in [-0.05, 0) is 19.3 Å². The lowest BCUT2D eigenvalue weighted by atomic mass is 10.0. The average molecular weight is 314 g/mol. The molecule has 0 fully saturated rings. The average Bonchev–Trinajstić information content (AvgIpc) is 2.33. The van der Waals surface area contributed by atoms with Crippen LogP contribution in [0.2, 0.25) is 0 Å². The van der Waals surface area contributed by atoms with E-state index in [2.05, 4.69) is 41.4 Å². The van der Waals surface area contributed by atoms with Crippen molar-refractivity contribution in [3.8, 4) is 0 Å². The summed E-state index contributed by atoms with van der Waals surface area (Å²) in [6, 6.07) is -0.202. The van der Waals surface area contributed by atoms with Gasteiger partial charge in [0.15, 0.2) is 0 Å². The molecule has 0 aliphatic rings. The molecule has 21 heavy (non-hydrogen) atoms. The van der Waals surface area contributed by atoms with E-state index in [1.54, 1.807) is 0 Å². The summed E-state index contributed by atoms with van der Waals surface area (Å²) < 4.78 is 22.7. The number of nitrogens with zero attached hydrogens (tertiary/aromatic N) is 2. The van der Waals surface area contributed by atoms with E-state index in [4.69, 9.17) is 0 Å². The molecule has 0 aromatic carbocycles. The highest BCUT2D eigenvalue weighted by Gasteiger charge is 2.18. The van der Waals surface area contributed by atoms with E-state index in [0.29, 0.717) is 5.82 Å². The van der Waals surface area contributed by atoms with Gasteiger partial charge in [-0.2, -0.15) is 0 Å². The predicted octanol–water partition coefficient (Wildman–Crippen LogP) is 2.27. The minimum Gasteiger partial charge on any atom is -0.370 e. The molecular weight excluding hydrogens is 288 g/mol. The number of hydrogen-bond donors (Lipinski definition) is 2. The Hall–Kier alpha value is -1.37. The van der Waals surface area contributed by atoms with Crippen molar-refractivity contribution in [3.05, 3.63) is 11.9 Å². The molecule has 0 bridgehead atoms. The van der Waals surface area contributed by atoms with Gasteiger partial charge < -0.3 is 10.6 Å². The largest absolute Gasteiger partial charge is 0.370 e. The second kappa shape index (κ2) is 7.59. The first kappa shape index (κ1) is 17.7. The van der Waals surface area contributed by atoms with Gasteiger partial charge >= 0.3 is 0 Å². The van der Waals surface area contributed by atoms with Gasteiger partial charge in [-0.3, -0.25) is 0 Å². The van der Waals surface area contributed by atoms with Crippen LogP contribution in [0, 0.1) is 0 Å². The van der Waals surface area contributed by atoms with Gasteiger partial charge in [0.25, 0.3) is 0 Å². The first-order valence-electron chi connectivity index (χ1n) is 7.27. The zero-order valence-corrected chi connectivity index (χ0v) is 14.3. The highest BCUT2D eigenvalue weighted by Crippen LogP contribution is 2.28. The minimum absolute atomic E-state index is 0.0757. The van der Waals surface area contributed by atoms with Gasteiger partial charge in [0.2, 0.25) is 0 Å². The van der Waals surface area contributed by atoms with Gasteiger partial charge in [-0.1, -0.05) is 20.8 Å². The molecule has 0 aliphatic heterocycles. The van der Waals surface area contributed by atoms with Crippen LogP contribution < -0.4 is 10.6 Å². The highest BCUT2D eigenvalue weighted by molar-refractivity contribution is 7.90. The van der Waals surface area contributed by atoms with Crippen LogP contribution in [0.15, 0.2) is 6.33 Å². The molecule has 1 aromatic heterocycles. The van der Waals surface area contributed by atoms with Crippen LogP contribution in [0.5, 0.6) is 0 Å². The van der Waals surface area contributed by atoms with Crippen LogP contribution in [-0.4, -0.2) is 43.0 Å². The Bertz CT molecular complexity index is 558. The van der Waals surface area contributed by atoms with Gasteiger partial charge in [0.1, 0.15) is 27.8 Å². The zero-order chi connectivity index (χ0) is 16.0. The van der Waals surface area contributed by atoms with E-state index < -0.39 is 9.84 Å². The number of rotatable bonds is 8. The van der Waals surface area contributed by atoms with E-state index in [1.807, 2.05) is 6.92 Å². The lowest BCUT2D eigenvalue weighted by Gasteiger charge is -2.20. The summed E-state index contributed by atoms with van der Waals surface area (Å²) in [6.45, 7) is 8.92. The third-order valence-corrected chi connectivity index (χ3v) is 4.05. The Labute approximate surface area is 127 Å². The lowest BCUT2D eigenvalue weighted by Crippen LogP contribution is -2.26. The van der Waals surface area contributed by atoms with Crippen LogP contribution in [0.1, 0.15) is 45.6 Å². The fourth-order valence-corrected chi connectivity index (χ4v) is 3.16. The molecule has 0 saturated heterocycles. The first-order valence-corrected chi connectivity index (χ1v) is 9.33. The van der Waals surface area contributed by atoms with E-state index in [1.165, 1.54) is 12.6 Å². The van der Waals surface area contributed by atoms with E-state index in [0.717, 1.165) is 24.3 Å². The molecule has 0 amide bonds. The van der Waals surface area contributed by atoms with Crippen LogP contribution in [0.4, 0.5) is 11.6 Å². The Kier molecular flexibility index (Phi) is 6.39. The molecule has 1 unspecified atom stereocenters. The second-order valence-electron chi connectivity index (χ2n) is 5.70. The number of nitrogens with one attached hydrogen (secondary N) is 2. The van der Waals surface area contributed by atoms with Crippen molar-refractivity contribution in [2.75, 3.05) is 29.2 Å². The Morgan fingerprint density at radius 1 is 1.19 bits per heavy atom. The molecule has 0 spiro atoms. The quantitative estimate of drug-likeness (QED) is 0.766. The number of aromatic nitrogens is 2. The summed E-state index contributed by atoms with van der Waals surface area (Å²) in [6.07, 6.45) is 3.75. The molecule has 0 radical (unpaired) electrons. The molecule has 1 atom stereocenters. The van der Waals surface area contributed by atoms with Crippen molar-refractivity contribution in [2.24, 2.45) is 0 Å². The number of hydrogen-bond acceptors (Lipinski definition) is 6. The van der Waals surface area contributed by atoms with Crippen LogP contribution in [0.3, 0.4) is 0 Å². The Morgan fingerprint density at radius 2 is 1.81 bits per heavy atom. The van der Waals surface area contributed by atoms with Gasteiger partial charge in [-0.25, -0.2) is 18.4 Å². The summed E-state index contributed by atoms with van der Waals surface area (Å²) in [5.74, 6) is 1.83. The molecule has 7 heteroatoms. The molecule has 1 heterocycles. The smallest absolute Gasteiger partial charge is 0.149 e. The third-order valence-electron chi connectivity index (χ3n) is 2.94. The highest BCUT2D eigenvalue weighted by atomic mass is 32.2. The molecule has 6 nitrogen and oxygen atoms in total. The van der Waals surface area contributed by atoms with Crippen LogP contribution in [0.25, 0.3) is 0 Å². The lowest BCUT2D eigenvalue weighted by molar-refractivity contribution is 0.598. The summed E-state index contributed by atoms with van der Waals surface area (Å²) in [4.78, 5) is 8.58. The zero-order valence-electron chi connectivity index (χ0n) is 13.5. The van der Waals surface area contributed by atoms with Crippen molar-refractivity contribution in [1.29, 1.82) is 0 Å². The molecule has 2 N–H and O–H groups in total. The van der Waals surface area contributed by atoms with E-state index in [-0.39, 0.29) is 17.7 Å². The normalized spacial score (nSPS) is 13.2. The topological polar surface area (TPSA) is 84.0 Å². The van der Waals surface area contributed by atoms with E-state index >= 15 is 0 Å². The van der Waals surface area contributed by atoms with Crippen molar-refractivity contribution in [1.82, 2.24) is 9.97 Å². The maximum absolute atomic E-state index is 11.4. The Balaban J connectivity index is 3.00. The van der Waals surface area contributed by atoms with Gasteiger partial charge in [-0.15, -0.1) is 0 Å². The third kappa shape index (κ3) is 5.87. The number of sulfone groups is 1. The minimum atomic E-state index is -3.02. The SMILES string of the molecule is CCCNc1ncnc(NC(C)CS(C)(=O)=O)c1C(C)C. The molecule has 0 aliphatic carbocycles. The maximum Gasteiger partial charge on any atom is 0.149 e. The maximum atomic E-state index is 11.4. The van der Waals surface area contributed by atoms with Crippen molar-refractivity contribution < 1.29 is 8.42 Å². The number of anilines is 2. The van der Waals surface area contributed by atoms with Gasteiger partial charge in [0.05, 0.1) is 5.75 Å². The Morgan fingerprint density at radius 3 is 2.33 bits per heavy atom. The summed E-state index contributed by atoms with van der Waals surface area (Å²) in [5, 5.41) is 6.49. The van der Waals surface area contributed by atoms with Gasteiger partial charge in [0, 0.05) is 24.4 Å². The fourth-order valence-electron chi connectivity index (χ4n) is 2.17. The summed E-state index contributed by atoms with van der Waals surface area (Å²) in [5.41, 5.74) is 0.992. The summed E-state index contributed by atoms with van der Waals surface area (Å²) >= 11 is 0. The van der Waals surface area contributed by atoms with Crippen LogP contribution in [-0.2, 0) is 9.84 Å². The van der Waals surface area contributed by atoms with E-state index in [9.17, 15) is 8.42 Å². The molecule has 0 saturated carbocycles. The first-order chi connectivity index (χ1) is 9.74. The van der Waals surface area contributed by atoms with Crippen molar-refractivity contribution in [2.45, 2.75) is 46.1 Å². The summed E-state index contributed by atoms with van der Waals surface area (Å²) in [7, 11) is -3.02. The predicted molar refractivity (Wildman–Crippen MR) is 87.7 cm³/mol. The second-order valence-corrected chi connectivity index (χ2v) is 7.89. The standard InChI is InChI=1S/C14H26N4O2S/c1-6-7-15-13-12(10(2)3)14(17-9-16-13)18-11(4)8-21(5,19)20/h9-11H,6-8H2,1-5H3,(H2,15,16,17,18). The monoisotopic (exact) mass is 314 g/mol. The molecule has 1 rings (SSSR count). The molecule has 1 aromatic rings. The van der Waals surface area contributed by atoms with Crippen molar-refractivity contribution >= 4 is 21.5 Å². The van der Waals surface area contributed by atoms with Crippen LogP contribution >= 0.6 is 0 Å². The molecular formula is C14H26N4O2S. The van der Waals surface area contributed by atoms with Crippen molar-refractivity contribution in [3.63, 3.8) is 0 Å². The molecule has 120 valence electrons. The fraction of sp³-hybridized carbons (Fsp3) is 0.714.